The van der Waals surface area contributed by atoms with E-state index in [4.69, 9.17) is 23.2 Å². The summed E-state index contributed by atoms with van der Waals surface area (Å²) in [6, 6.07) is 10.0. The summed E-state index contributed by atoms with van der Waals surface area (Å²) < 4.78 is 0. The Labute approximate surface area is 286 Å². The minimum atomic E-state index is -0.468. The lowest BCUT2D eigenvalue weighted by Gasteiger charge is -2.54. The number of benzene rings is 2. The summed E-state index contributed by atoms with van der Waals surface area (Å²) in [4.78, 5) is 28.4. The third kappa shape index (κ3) is 5.20. The Morgan fingerprint density at radius 3 is 1.38 bits per heavy atom. The number of hydrogen-bond acceptors (Lipinski definition) is 3. The van der Waals surface area contributed by atoms with Crippen LogP contribution in [0.1, 0.15) is 152 Å². The zero-order valence-electron chi connectivity index (χ0n) is 28.7. The van der Waals surface area contributed by atoms with Crippen LogP contribution in [0.25, 0.3) is 0 Å². The molecule has 6 atom stereocenters. The Kier molecular flexibility index (Phi) is 8.73. The van der Waals surface area contributed by atoms with Gasteiger partial charge in [-0.1, -0.05) is 92.1 Å². The second kappa shape index (κ2) is 11.7. The van der Waals surface area contributed by atoms with E-state index in [1.165, 1.54) is 43.2 Å². The van der Waals surface area contributed by atoms with Crippen LogP contribution < -0.4 is 0 Å². The summed E-state index contributed by atoms with van der Waals surface area (Å²) in [6.07, 6.45) is 10.1. The monoisotopic (exact) mass is 666 g/mol. The van der Waals surface area contributed by atoms with Crippen molar-refractivity contribution in [1.29, 1.82) is 0 Å². The Morgan fingerprint density at radius 2 is 1.04 bits per heavy atom. The molecule has 0 aliphatic heterocycles. The van der Waals surface area contributed by atoms with Crippen molar-refractivity contribution in [3.63, 3.8) is 0 Å². The van der Waals surface area contributed by atoms with Crippen molar-refractivity contribution >= 4 is 45.4 Å². The molecule has 2 nitrogen and oxygen atoms in total. The molecule has 2 saturated carbocycles. The molecular weight excluding hydrogens is 615 g/mol. The smallest absolute Gasteiger partial charge is 0.227 e. The molecule has 6 rings (SSSR count). The molecule has 4 aliphatic rings. The maximum atomic E-state index is 12.8. The first-order chi connectivity index (χ1) is 21.1. The van der Waals surface area contributed by atoms with Crippen molar-refractivity contribution in [3.05, 3.63) is 57.6 Å². The van der Waals surface area contributed by atoms with E-state index >= 15 is 0 Å². The van der Waals surface area contributed by atoms with E-state index in [1.807, 2.05) is 11.8 Å². The Balaban J connectivity index is 1.48. The molecule has 2 aromatic rings. The van der Waals surface area contributed by atoms with Crippen LogP contribution in [0.15, 0.2) is 34.1 Å². The first-order valence-corrected chi connectivity index (χ1v) is 19.1. The third-order valence-electron chi connectivity index (χ3n) is 13.3. The van der Waals surface area contributed by atoms with E-state index in [9.17, 15) is 9.59 Å². The molecule has 4 aliphatic carbocycles. The first-order valence-electron chi connectivity index (χ1n) is 17.5. The lowest BCUT2D eigenvalue weighted by molar-refractivity contribution is -0.128. The van der Waals surface area contributed by atoms with Crippen molar-refractivity contribution in [2.75, 3.05) is 0 Å². The highest BCUT2D eigenvalue weighted by Gasteiger charge is 2.56. The molecule has 0 N–H and O–H groups in total. The average Bonchev–Trinajstić information content (AvgIpc) is 2.96. The molecule has 0 aromatic heterocycles. The van der Waals surface area contributed by atoms with Crippen molar-refractivity contribution in [2.45, 2.75) is 152 Å². The number of hydrogen-bond donors (Lipinski definition) is 0. The van der Waals surface area contributed by atoms with Crippen molar-refractivity contribution in [1.82, 2.24) is 0 Å². The summed E-state index contributed by atoms with van der Waals surface area (Å²) in [5.41, 5.74) is 7.58. The highest BCUT2D eigenvalue weighted by Crippen LogP contribution is 2.61. The second-order valence-corrected chi connectivity index (χ2v) is 18.4. The van der Waals surface area contributed by atoms with Crippen LogP contribution >= 0.6 is 35.0 Å². The quantitative estimate of drug-likeness (QED) is 0.288. The molecule has 244 valence electrons. The van der Waals surface area contributed by atoms with E-state index in [0.29, 0.717) is 11.8 Å². The predicted molar refractivity (Wildman–Crippen MR) is 189 cm³/mol. The second-order valence-electron chi connectivity index (χ2n) is 16.6. The van der Waals surface area contributed by atoms with Gasteiger partial charge in [-0.2, -0.15) is 0 Å². The SMILES string of the molecule is CC(C)c1cc2c(cc1Sc1cc3c(cc1C(C)C)CCC1C(C)(C(=O)Cl)CCCC31C)C1(C)CCCC(C)(C(=O)Cl)C1CC2. The van der Waals surface area contributed by atoms with E-state index < -0.39 is 10.8 Å². The predicted octanol–water partition coefficient (Wildman–Crippen LogP) is 11.6. The van der Waals surface area contributed by atoms with Gasteiger partial charge < -0.3 is 0 Å². The summed E-state index contributed by atoms with van der Waals surface area (Å²) in [7, 11) is 0. The Morgan fingerprint density at radius 1 is 0.667 bits per heavy atom. The largest absolute Gasteiger partial charge is 0.281 e. The summed E-state index contributed by atoms with van der Waals surface area (Å²) in [6.45, 7) is 18.3. The summed E-state index contributed by atoms with van der Waals surface area (Å²) >= 11 is 14.6. The van der Waals surface area contributed by atoms with Gasteiger partial charge in [-0.15, -0.1) is 0 Å². The van der Waals surface area contributed by atoms with Gasteiger partial charge in [0.05, 0.1) is 0 Å². The molecule has 0 heterocycles. The number of halogens is 2. The van der Waals surface area contributed by atoms with Gasteiger partial charge in [0.15, 0.2) is 0 Å². The van der Waals surface area contributed by atoms with Crippen molar-refractivity contribution < 1.29 is 9.59 Å². The first kappa shape index (κ1) is 33.6. The number of carbonyl (C=O) groups is 2. The summed E-state index contributed by atoms with van der Waals surface area (Å²) in [5, 5.41) is -0.320. The third-order valence-corrected chi connectivity index (χ3v) is 15.3. The number of rotatable bonds is 6. The Bertz CT molecular complexity index is 1430. The lowest BCUT2D eigenvalue weighted by atomic mass is 9.50. The van der Waals surface area contributed by atoms with E-state index in [1.54, 1.807) is 0 Å². The van der Waals surface area contributed by atoms with Gasteiger partial charge in [0.2, 0.25) is 10.5 Å². The molecule has 2 aromatic carbocycles. The van der Waals surface area contributed by atoms with E-state index in [0.717, 1.165) is 64.2 Å². The number of aryl methyl sites for hydroxylation is 2. The molecule has 0 radical (unpaired) electrons. The van der Waals surface area contributed by atoms with Gasteiger partial charge in [-0.25, -0.2) is 0 Å². The van der Waals surface area contributed by atoms with Crippen LogP contribution in [-0.2, 0) is 33.3 Å². The van der Waals surface area contributed by atoms with Crippen LogP contribution in [0.3, 0.4) is 0 Å². The highest BCUT2D eigenvalue weighted by atomic mass is 35.5. The van der Waals surface area contributed by atoms with E-state index in [-0.39, 0.29) is 33.2 Å². The fourth-order valence-electron chi connectivity index (χ4n) is 10.7. The van der Waals surface area contributed by atoms with Gasteiger partial charge in [0.25, 0.3) is 0 Å². The van der Waals surface area contributed by atoms with Gasteiger partial charge in [0, 0.05) is 20.6 Å². The van der Waals surface area contributed by atoms with Crippen LogP contribution in [0, 0.1) is 22.7 Å². The van der Waals surface area contributed by atoms with Crippen molar-refractivity contribution in [2.24, 2.45) is 22.7 Å². The van der Waals surface area contributed by atoms with Crippen LogP contribution in [0.5, 0.6) is 0 Å². The number of fused-ring (bicyclic) bond motifs is 6. The Hall–Kier alpha value is -1.29. The van der Waals surface area contributed by atoms with Gasteiger partial charge in [0.1, 0.15) is 0 Å². The normalized spacial score (nSPS) is 34.1. The zero-order chi connectivity index (χ0) is 32.7. The topological polar surface area (TPSA) is 34.1 Å². The van der Waals surface area contributed by atoms with Crippen LogP contribution in [0.2, 0.25) is 0 Å². The fraction of sp³-hybridized carbons (Fsp3) is 0.650. The molecule has 0 spiro atoms. The minimum absolute atomic E-state index is 0.0615. The maximum Gasteiger partial charge on any atom is 0.227 e. The zero-order valence-corrected chi connectivity index (χ0v) is 31.0. The highest BCUT2D eigenvalue weighted by molar-refractivity contribution is 7.99. The number of carbonyl (C=O) groups excluding carboxylic acids is 2. The molecule has 2 fully saturated rings. The van der Waals surface area contributed by atoms with Gasteiger partial charge in [-0.3, -0.25) is 9.59 Å². The standard InChI is InChI=1S/C40H52Cl2O2S/c1-23(2)27-19-25-11-13-33-37(5,15-9-17-39(33,7)35(41)43)29(25)21-31(27)45-32-22-30-26(20-28(32)24(3)4)12-14-34-38(30,6)16-10-18-40(34,8)36(42)44/h19-24,33-34H,9-18H2,1-8H3. The van der Waals surface area contributed by atoms with Crippen LogP contribution in [-0.4, -0.2) is 10.5 Å². The van der Waals surface area contributed by atoms with Gasteiger partial charge >= 0.3 is 0 Å². The molecule has 0 amide bonds. The summed E-state index contributed by atoms with van der Waals surface area (Å²) in [5.74, 6) is 1.33. The maximum absolute atomic E-state index is 12.8. The molecule has 0 saturated heterocycles. The molecule has 0 bridgehead atoms. The molecule has 6 unspecified atom stereocenters. The van der Waals surface area contributed by atoms with Crippen molar-refractivity contribution in [3.8, 4) is 0 Å². The lowest BCUT2D eigenvalue weighted by Crippen LogP contribution is -2.51. The minimum Gasteiger partial charge on any atom is -0.281 e. The molecular formula is C40H52Cl2O2S. The molecule has 5 heteroatoms. The van der Waals surface area contributed by atoms with Crippen LogP contribution in [0.4, 0.5) is 0 Å². The fourth-order valence-corrected chi connectivity index (χ4v) is 12.6. The molecule has 45 heavy (non-hydrogen) atoms. The van der Waals surface area contributed by atoms with Gasteiger partial charge in [-0.05, 0) is 155 Å². The average molecular weight is 668 g/mol. The van der Waals surface area contributed by atoms with E-state index in [2.05, 4.69) is 79.7 Å².